The van der Waals surface area contributed by atoms with Crippen molar-refractivity contribution < 1.29 is 36.2 Å². The Labute approximate surface area is 233 Å². The Hall–Kier alpha value is -4.33. The zero-order valence-corrected chi connectivity index (χ0v) is 23.4. The molecule has 0 aliphatic rings. The van der Waals surface area contributed by atoms with Crippen molar-refractivity contribution in [3.63, 3.8) is 0 Å². The third-order valence-corrected chi connectivity index (χ3v) is 8.10. The maximum atomic E-state index is 13.9. The molecule has 41 heavy (non-hydrogen) atoms. The Morgan fingerprint density at radius 2 is 1.63 bits per heavy atom. The van der Waals surface area contributed by atoms with E-state index in [1.807, 2.05) is 6.92 Å². The van der Waals surface area contributed by atoms with Gasteiger partial charge in [0.2, 0.25) is 15.7 Å². The molecule has 4 rings (SSSR count). The van der Waals surface area contributed by atoms with Crippen LogP contribution in [0.3, 0.4) is 0 Å². The summed E-state index contributed by atoms with van der Waals surface area (Å²) in [5, 5.41) is 14.2. The number of hydrogen-bond acceptors (Lipinski definition) is 8. The van der Waals surface area contributed by atoms with Crippen molar-refractivity contribution in [2.24, 2.45) is 7.05 Å². The summed E-state index contributed by atoms with van der Waals surface area (Å²) < 4.78 is 80.7. The molecule has 0 radical (unpaired) electrons. The molecule has 218 valence electrons. The summed E-state index contributed by atoms with van der Waals surface area (Å²) in [7, 11) is -0.638. The number of nitrogens with zero attached hydrogens (tertiary/aromatic N) is 4. The fraction of sp³-hybridized carbons (Fsp3) is 0.296. The van der Waals surface area contributed by atoms with Gasteiger partial charge >= 0.3 is 6.18 Å². The van der Waals surface area contributed by atoms with Crippen LogP contribution in [0.1, 0.15) is 31.3 Å². The molecular formula is C27H27F3N4O6S. The van der Waals surface area contributed by atoms with Crippen LogP contribution in [0.25, 0.3) is 16.8 Å². The first-order valence-electron chi connectivity index (χ1n) is 12.4. The molecule has 1 N–H and O–H groups in total. The van der Waals surface area contributed by atoms with Gasteiger partial charge in [0, 0.05) is 25.2 Å². The molecule has 2 aromatic heterocycles. The number of methoxy groups -OCH3 is 2. The van der Waals surface area contributed by atoms with Gasteiger partial charge in [0.15, 0.2) is 10.6 Å². The quantitative estimate of drug-likeness (QED) is 0.300. The van der Waals surface area contributed by atoms with Crippen LogP contribution in [-0.4, -0.2) is 47.1 Å². The van der Waals surface area contributed by atoms with Crippen LogP contribution < -0.4 is 15.0 Å². The third kappa shape index (κ3) is 5.51. The van der Waals surface area contributed by atoms with E-state index in [4.69, 9.17) is 9.47 Å². The zero-order chi connectivity index (χ0) is 30.1. The van der Waals surface area contributed by atoms with Crippen molar-refractivity contribution in [2.45, 2.75) is 42.2 Å². The first-order chi connectivity index (χ1) is 19.3. The van der Waals surface area contributed by atoms with E-state index < -0.39 is 42.9 Å². The topological polar surface area (TPSA) is 126 Å². The Bertz CT molecular complexity index is 1720. The van der Waals surface area contributed by atoms with Gasteiger partial charge in [-0.3, -0.25) is 14.0 Å². The van der Waals surface area contributed by atoms with Gasteiger partial charge in [0.1, 0.15) is 23.0 Å². The van der Waals surface area contributed by atoms with Gasteiger partial charge in [0.25, 0.3) is 5.56 Å². The molecule has 2 heterocycles. The number of rotatable bonds is 9. The van der Waals surface area contributed by atoms with E-state index in [1.54, 1.807) is 18.2 Å². The molecule has 0 fully saturated rings. The number of alkyl halides is 3. The molecule has 4 aromatic rings. The van der Waals surface area contributed by atoms with E-state index in [-0.39, 0.29) is 40.6 Å². The molecule has 0 unspecified atom stereocenters. The number of benzene rings is 2. The first kappa shape index (κ1) is 29.6. The molecular weight excluding hydrogens is 565 g/mol. The second kappa shape index (κ2) is 11.3. The fourth-order valence-corrected chi connectivity index (χ4v) is 5.74. The predicted octanol–water partition coefficient (Wildman–Crippen LogP) is 4.55. The second-order valence-corrected chi connectivity index (χ2v) is 10.9. The van der Waals surface area contributed by atoms with Gasteiger partial charge in [-0.1, -0.05) is 31.5 Å². The number of hydrogen-bond donors (Lipinski definition) is 1. The van der Waals surface area contributed by atoms with Gasteiger partial charge in [-0.15, -0.1) is 0 Å². The fourth-order valence-electron chi connectivity index (χ4n) is 4.40. The van der Waals surface area contributed by atoms with E-state index in [0.717, 1.165) is 34.0 Å². The third-order valence-electron chi connectivity index (χ3n) is 6.31. The normalized spacial score (nSPS) is 12.0. The van der Waals surface area contributed by atoms with E-state index >= 15 is 0 Å². The Morgan fingerprint density at radius 3 is 2.17 bits per heavy atom. The smallest absolute Gasteiger partial charge is 0.435 e. The number of sulfone groups is 1. The molecule has 0 atom stereocenters. The summed E-state index contributed by atoms with van der Waals surface area (Å²) >= 11 is 0. The molecule has 0 spiro atoms. The number of unbranched alkanes of at least 4 members (excludes halogenated alkanes) is 1. The van der Waals surface area contributed by atoms with E-state index in [1.165, 1.54) is 33.4 Å². The molecule has 0 aliphatic carbocycles. The van der Waals surface area contributed by atoms with Crippen LogP contribution in [0.15, 0.2) is 63.2 Å². The highest BCUT2D eigenvalue weighted by Gasteiger charge is 2.37. The van der Waals surface area contributed by atoms with Crippen molar-refractivity contribution >= 4 is 9.84 Å². The highest BCUT2D eigenvalue weighted by Crippen LogP contribution is 2.37. The lowest BCUT2D eigenvalue weighted by Crippen LogP contribution is -2.29. The first-order valence-corrected chi connectivity index (χ1v) is 13.9. The highest BCUT2D eigenvalue weighted by molar-refractivity contribution is 7.91. The summed E-state index contributed by atoms with van der Waals surface area (Å²) in [4.78, 5) is 16.6. The molecule has 2 aromatic carbocycles. The van der Waals surface area contributed by atoms with Crippen molar-refractivity contribution in [2.75, 3.05) is 14.2 Å². The zero-order valence-electron chi connectivity index (χ0n) is 22.6. The second-order valence-electron chi connectivity index (χ2n) is 9.03. The largest absolute Gasteiger partial charge is 0.494 e. The summed E-state index contributed by atoms with van der Waals surface area (Å²) in [6.07, 6.45) is -2.05. The number of aromatic nitrogens is 4. The summed E-state index contributed by atoms with van der Waals surface area (Å²) in [6, 6.07) is 9.17. The molecule has 0 saturated heterocycles. The minimum absolute atomic E-state index is 0.0535. The van der Waals surface area contributed by atoms with E-state index in [9.17, 15) is 31.5 Å². The molecule has 14 heteroatoms. The molecule has 0 amide bonds. The Kier molecular flexibility index (Phi) is 8.15. The number of halogens is 3. The van der Waals surface area contributed by atoms with Gasteiger partial charge in [-0.2, -0.15) is 23.3 Å². The van der Waals surface area contributed by atoms with Crippen LogP contribution in [-0.2, 0) is 29.5 Å². The van der Waals surface area contributed by atoms with Gasteiger partial charge < -0.3 is 14.6 Å². The van der Waals surface area contributed by atoms with Crippen LogP contribution in [0, 0.1) is 0 Å². The average molecular weight is 593 g/mol. The van der Waals surface area contributed by atoms with Crippen LogP contribution >= 0.6 is 0 Å². The molecule has 0 aliphatic heterocycles. The minimum Gasteiger partial charge on any atom is -0.494 e. The van der Waals surface area contributed by atoms with Gasteiger partial charge in [0.05, 0.1) is 19.1 Å². The molecule has 10 nitrogen and oxygen atoms in total. The Balaban J connectivity index is 1.91. The molecule has 0 saturated carbocycles. The van der Waals surface area contributed by atoms with Crippen LogP contribution in [0.4, 0.5) is 13.2 Å². The van der Waals surface area contributed by atoms with E-state index in [0.29, 0.717) is 6.42 Å². The van der Waals surface area contributed by atoms with Gasteiger partial charge in [-0.05, 0) is 36.2 Å². The van der Waals surface area contributed by atoms with Crippen LogP contribution in [0.2, 0.25) is 0 Å². The number of ether oxygens (including phenoxy) is 2. The number of aromatic hydroxyl groups is 1. The van der Waals surface area contributed by atoms with E-state index in [2.05, 4.69) is 10.1 Å². The SMILES string of the molecule is CCCCc1nc(O)c(S(=O)(=O)c2ccc(-c3cn(C)nc3C(F)(F)F)cc2)c(=O)n1-c1c(OC)cccc1OC. The standard InChI is InChI=1S/C27H27F3N4O6S/c1-5-6-10-21-31-25(35)23(26(36)34(21)22-19(39-3)8-7-9-20(22)40-4)41(37,38)17-13-11-16(12-14-17)18-15-33(2)32-24(18)27(28,29)30/h7-9,11-15,35H,5-6,10H2,1-4H3. The number of aryl methyl sites for hydroxylation is 2. The molecule has 0 bridgehead atoms. The summed E-state index contributed by atoms with van der Waals surface area (Å²) in [5.41, 5.74) is -2.32. The van der Waals surface area contributed by atoms with Crippen molar-refractivity contribution in [3.05, 3.63) is 70.5 Å². The monoisotopic (exact) mass is 592 g/mol. The maximum Gasteiger partial charge on any atom is 0.435 e. The predicted molar refractivity (Wildman–Crippen MR) is 142 cm³/mol. The minimum atomic E-state index is -4.73. The van der Waals surface area contributed by atoms with Gasteiger partial charge in [-0.25, -0.2) is 8.42 Å². The summed E-state index contributed by atoms with van der Waals surface area (Å²) in [6.45, 7) is 1.91. The number of para-hydroxylation sites is 1. The highest BCUT2D eigenvalue weighted by atomic mass is 32.2. The maximum absolute atomic E-state index is 13.9. The van der Waals surface area contributed by atoms with Crippen molar-refractivity contribution in [1.82, 2.24) is 19.3 Å². The van der Waals surface area contributed by atoms with Crippen molar-refractivity contribution in [1.29, 1.82) is 0 Å². The lowest BCUT2D eigenvalue weighted by atomic mass is 10.1. The van der Waals surface area contributed by atoms with Crippen molar-refractivity contribution in [3.8, 4) is 34.2 Å². The average Bonchev–Trinajstić information content (AvgIpc) is 3.33. The lowest BCUT2D eigenvalue weighted by Gasteiger charge is -2.19. The Morgan fingerprint density at radius 1 is 1.02 bits per heavy atom. The lowest BCUT2D eigenvalue weighted by molar-refractivity contribution is -0.140. The summed E-state index contributed by atoms with van der Waals surface area (Å²) in [5.74, 6) is -0.521. The van der Waals surface area contributed by atoms with Crippen LogP contribution in [0.5, 0.6) is 17.4 Å².